The van der Waals surface area contributed by atoms with Crippen molar-refractivity contribution in [2.75, 3.05) is 5.75 Å². The Morgan fingerprint density at radius 2 is 1.89 bits per heavy atom. The molecule has 7 nitrogen and oxygen atoms in total. The van der Waals surface area contributed by atoms with E-state index in [1.807, 2.05) is 54.8 Å². The van der Waals surface area contributed by atoms with Gasteiger partial charge >= 0.3 is 0 Å². The van der Waals surface area contributed by atoms with E-state index in [4.69, 9.17) is 11.6 Å². The molecule has 2 heterocycles. The van der Waals surface area contributed by atoms with Crippen molar-refractivity contribution >= 4 is 35.0 Å². The van der Waals surface area contributed by atoms with Crippen LogP contribution in [0.4, 0.5) is 0 Å². The van der Waals surface area contributed by atoms with E-state index in [9.17, 15) is 4.79 Å². The highest BCUT2D eigenvalue weighted by Gasteiger charge is 2.14. The highest BCUT2D eigenvalue weighted by Crippen LogP contribution is 2.24. The van der Waals surface area contributed by atoms with Crippen LogP contribution in [0.3, 0.4) is 0 Å². The number of benzene rings is 1. The van der Waals surface area contributed by atoms with Crippen molar-refractivity contribution in [1.82, 2.24) is 25.2 Å². The van der Waals surface area contributed by atoms with Gasteiger partial charge in [-0.3, -0.25) is 9.78 Å². The number of nitrogens with one attached hydrogen (secondary N) is 1. The fourth-order valence-electron chi connectivity index (χ4n) is 2.46. The molecule has 1 aromatic carbocycles. The Morgan fingerprint density at radius 3 is 2.57 bits per heavy atom. The molecule has 9 heteroatoms. The summed E-state index contributed by atoms with van der Waals surface area (Å²) in [5.41, 5.74) is 5.11. The lowest BCUT2D eigenvalue weighted by atomic mass is 10.2. The highest BCUT2D eigenvalue weighted by molar-refractivity contribution is 7.99. The summed E-state index contributed by atoms with van der Waals surface area (Å²) in [6.07, 6.45) is 3.36. The molecular weight excluding hydrogens is 396 g/mol. The first-order valence-electron chi connectivity index (χ1n) is 8.64. The van der Waals surface area contributed by atoms with Gasteiger partial charge in [0.2, 0.25) is 0 Å². The first-order chi connectivity index (χ1) is 13.6. The number of halogens is 1. The van der Waals surface area contributed by atoms with E-state index in [-0.39, 0.29) is 11.7 Å². The molecule has 1 amide bonds. The van der Waals surface area contributed by atoms with Gasteiger partial charge in [0.1, 0.15) is 0 Å². The first kappa shape index (κ1) is 20.0. The molecule has 0 saturated heterocycles. The maximum atomic E-state index is 12.1. The number of rotatable bonds is 7. The predicted octanol–water partition coefficient (Wildman–Crippen LogP) is 3.65. The molecule has 144 valence electrons. The van der Waals surface area contributed by atoms with Crippen LogP contribution in [-0.2, 0) is 11.3 Å². The molecule has 0 aliphatic heterocycles. The van der Waals surface area contributed by atoms with Crippen LogP contribution in [0.1, 0.15) is 19.4 Å². The standard InChI is InChI=1S/C19H19ClN6OS/c1-3-26-18(15-4-6-16(20)7-5-15)24-25-19(26)28-12-17(27)23-22-13(2)14-8-10-21-11-9-14/h4-11H,3,12H2,1-2H3,(H,23,27). The molecule has 2 aromatic heterocycles. The summed E-state index contributed by atoms with van der Waals surface area (Å²) in [6, 6.07) is 11.1. The summed E-state index contributed by atoms with van der Waals surface area (Å²) >= 11 is 7.27. The molecule has 1 N–H and O–H groups in total. The van der Waals surface area contributed by atoms with Crippen molar-refractivity contribution in [3.8, 4) is 11.4 Å². The number of hydrazone groups is 1. The van der Waals surface area contributed by atoms with Crippen LogP contribution in [-0.4, -0.2) is 37.1 Å². The van der Waals surface area contributed by atoms with Crippen LogP contribution in [0.15, 0.2) is 59.0 Å². The molecule has 0 fully saturated rings. The zero-order valence-electron chi connectivity index (χ0n) is 15.5. The Kier molecular flexibility index (Phi) is 6.78. The molecule has 0 radical (unpaired) electrons. The van der Waals surface area contributed by atoms with Gasteiger partial charge in [-0.05, 0) is 50.2 Å². The van der Waals surface area contributed by atoms with Gasteiger partial charge in [-0.1, -0.05) is 23.4 Å². The van der Waals surface area contributed by atoms with E-state index in [0.717, 1.165) is 17.0 Å². The number of pyridine rings is 1. The lowest BCUT2D eigenvalue weighted by Crippen LogP contribution is -2.21. The quantitative estimate of drug-likeness (QED) is 0.362. The topological polar surface area (TPSA) is 85.1 Å². The fourth-order valence-corrected chi connectivity index (χ4v) is 3.38. The van der Waals surface area contributed by atoms with Crippen LogP contribution in [0.2, 0.25) is 5.02 Å². The summed E-state index contributed by atoms with van der Waals surface area (Å²) in [7, 11) is 0. The van der Waals surface area contributed by atoms with Gasteiger partial charge in [0.25, 0.3) is 5.91 Å². The molecule has 0 saturated carbocycles. The van der Waals surface area contributed by atoms with E-state index in [2.05, 4.69) is 25.7 Å². The van der Waals surface area contributed by atoms with Crippen molar-refractivity contribution in [2.24, 2.45) is 5.10 Å². The third kappa shape index (κ3) is 4.96. The number of carbonyl (C=O) groups excluding carboxylic acids is 1. The Hall–Kier alpha value is -2.71. The molecule has 0 spiro atoms. The molecular formula is C19H19ClN6OS. The minimum Gasteiger partial charge on any atom is -0.302 e. The Balaban J connectivity index is 1.63. The van der Waals surface area contributed by atoms with Gasteiger partial charge in [-0.25, -0.2) is 5.43 Å². The minimum absolute atomic E-state index is 0.186. The van der Waals surface area contributed by atoms with Crippen LogP contribution >= 0.6 is 23.4 Å². The van der Waals surface area contributed by atoms with Crippen molar-refractivity contribution in [3.63, 3.8) is 0 Å². The lowest BCUT2D eigenvalue weighted by Gasteiger charge is -2.07. The van der Waals surface area contributed by atoms with E-state index in [1.165, 1.54) is 11.8 Å². The minimum atomic E-state index is -0.211. The second-order valence-electron chi connectivity index (χ2n) is 5.81. The second kappa shape index (κ2) is 9.48. The largest absolute Gasteiger partial charge is 0.302 e. The molecule has 0 aliphatic carbocycles. The van der Waals surface area contributed by atoms with E-state index < -0.39 is 0 Å². The predicted molar refractivity (Wildman–Crippen MR) is 111 cm³/mol. The van der Waals surface area contributed by atoms with Crippen LogP contribution in [0.25, 0.3) is 11.4 Å². The fraction of sp³-hybridized carbons (Fsp3) is 0.211. The van der Waals surface area contributed by atoms with Gasteiger partial charge in [0.05, 0.1) is 11.5 Å². The third-order valence-corrected chi connectivity index (χ3v) is 5.13. The number of hydrogen-bond donors (Lipinski definition) is 1. The average Bonchev–Trinajstić information content (AvgIpc) is 3.14. The smallest absolute Gasteiger partial charge is 0.250 e. The van der Waals surface area contributed by atoms with Gasteiger partial charge in [0.15, 0.2) is 11.0 Å². The van der Waals surface area contributed by atoms with Gasteiger partial charge in [-0.2, -0.15) is 5.10 Å². The maximum Gasteiger partial charge on any atom is 0.250 e. The Bertz CT molecular complexity index is 972. The number of thioether (sulfide) groups is 1. The van der Waals surface area contributed by atoms with Crippen LogP contribution < -0.4 is 5.43 Å². The van der Waals surface area contributed by atoms with Gasteiger partial charge < -0.3 is 4.57 Å². The van der Waals surface area contributed by atoms with Crippen LogP contribution in [0.5, 0.6) is 0 Å². The van der Waals surface area contributed by atoms with E-state index >= 15 is 0 Å². The average molecular weight is 415 g/mol. The normalized spacial score (nSPS) is 11.5. The molecule has 28 heavy (non-hydrogen) atoms. The lowest BCUT2D eigenvalue weighted by molar-refractivity contribution is -0.118. The van der Waals surface area contributed by atoms with Crippen molar-refractivity contribution in [3.05, 3.63) is 59.4 Å². The number of carbonyl (C=O) groups is 1. The number of amides is 1. The molecule has 0 unspecified atom stereocenters. The van der Waals surface area contributed by atoms with E-state index in [1.54, 1.807) is 12.4 Å². The SMILES string of the molecule is CCn1c(SCC(=O)NN=C(C)c2ccncc2)nnc1-c1ccc(Cl)cc1. The van der Waals surface area contributed by atoms with E-state index in [0.29, 0.717) is 22.4 Å². The number of aromatic nitrogens is 4. The summed E-state index contributed by atoms with van der Waals surface area (Å²) in [5, 5.41) is 14.0. The van der Waals surface area contributed by atoms with Crippen LogP contribution in [0, 0.1) is 0 Å². The molecule has 3 aromatic rings. The van der Waals surface area contributed by atoms with Crippen molar-refractivity contribution in [2.45, 2.75) is 25.5 Å². The molecule has 0 atom stereocenters. The summed E-state index contributed by atoms with van der Waals surface area (Å²) < 4.78 is 1.96. The van der Waals surface area contributed by atoms with Crippen molar-refractivity contribution in [1.29, 1.82) is 0 Å². The number of hydrogen-bond acceptors (Lipinski definition) is 6. The monoisotopic (exact) mass is 414 g/mol. The first-order valence-corrected chi connectivity index (χ1v) is 10.00. The Labute approximate surface area is 172 Å². The van der Waals surface area contributed by atoms with Crippen molar-refractivity contribution < 1.29 is 4.79 Å². The number of nitrogens with zero attached hydrogens (tertiary/aromatic N) is 5. The highest BCUT2D eigenvalue weighted by atomic mass is 35.5. The second-order valence-corrected chi connectivity index (χ2v) is 7.19. The Morgan fingerprint density at radius 1 is 1.18 bits per heavy atom. The molecule has 0 aliphatic rings. The summed E-state index contributed by atoms with van der Waals surface area (Å²) in [4.78, 5) is 16.1. The maximum absolute atomic E-state index is 12.1. The zero-order chi connectivity index (χ0) is 19.9. The van der Waals surface area contributed by atoms with Gasteiger partial charge in [0, 0.05) is 35.1 Å². The summed E-state index contributed by atoms with van der Waals surface area (Å²) in [5.74, 6) is 0.719. The van der Waals surface area contributed by atoms with Gasteiger partial charge in [-0.15, -0.1) is 10.2 Å². The zero-order valence-corrected chi connectivity index (χ0v) is 17.0. The summed E-state index contributed by atoms with van der Waals surface area (Å²) in [6.45, 7) is 4.53. The third-order valence-electron chi connectivity index (χ3n) is 3.91. The molecule has 3 rings (SSSR count). The molecule has 0 bridgehead atoms.